The first kappa shape index (κ1) is 15.6. The second kappa shape index (κ2) is 6.31. The quantitative estimate of drug-likeness (QED) is 0.944. The number of ether oxygens (including phenoxy) is 1. The van der Waals surface area contributed by atoms with Crippen molar-refractivity contribution in [3.63, 3.8) is 0 Å². The van der Waals surface area contributed by atoms with Gasteiger partial charge in [0.2, 0.25) is 0 Å². The lowest BCUT2D eigenvalue weighted by molar-refractivity contribution is 0.0523. The highest BCUT2D eigenvalue weighted by atomic mass is 16.6. The summed E-state index contributed by atoms with van der Waals surface area (Å²) in [5.74, 6) is 0. The van der Waals surface area contributed by atoms with E-state index in [2.05, 4.69) is 10.4 Å². The molecule has 6 nitrogen and oxygen atoms in total. The highest BCUT2D eigenvalue weighted by Crippen LogP contribution is 2.10. The number of nitrogens with zero attached hydrogens (tertiary/aromatic N) is 3. The summed E-state index contributed by atoms with van der Waals surface area (Å²) in [6.07, 6.45) is 1.29. The number of aromatic nitrogens is 2. The molecule has 114 valence electrons. The minimum Gasteiger partial charge on any atom is -0.444 e. The van der Waals surface area contributed by atoms with Gasteiger partial charge < -0.3 is 10.1 Å². The number of carbonyl (C=O) groups is 1. The molecule has 2 aromatic rings. The zero-order valence-corrected chi connectivity index (χ0v) is 12.8. The van der Waals surface area contributed by atoms with Crippen LogP contribution < -0.4 is 5.32 Å². The Morgan fingerprint density at radius 1 is 1.32 bits per heavy atom. The number of rotatable bonds is 3. The Hall–Kier alpha value is -2.81. The van der Waals surface area contributed by atoms with Gasteiger partial charge in [0, 0.05) is 12.7 Å². The van der Waals surface area contributed by atoms with Crippen molar-refractivity contribution >= 4 is 6.09 Å². The van der Waals surface area contributed by atoms with Crippen molar-refractivity contribution in [2.24, 2.45) is 0 Å². The van der Waals surface area contributed by atoms with E-state index < -0.39 is 11.7 Å². The van der Waals surface area contributed by atoms with Gasteiger partial charge in [0.05, 0.1) is 5.69 Å². The molecule has 1 aromatic carbocycles. The highest BCUT2D eigenvalue weighted by molar-refractivity contribution is 5.67. The van der Waals surface area contributed by atoms with E-state index in [0.29, 0.717) is 12.2 Å². The molecule has 0 aliphatic rings. The predicted octanol–water partition coefficient (Wildman–Crippen LogP) is 2.77. The van der Waals surface area contributed by atoms with Crippen molar-refractivity contribution in [1.29, 1.82) is 5.26 Å². The maximum absolute atomic E-state index is 11.6. The number of amides is 1. The van der Waals surface area contributed by atoms with Gasteiger partial charge in [0.1, 0.15) is 11.7 Å². The molecule has 0 atom stereocenters. The molecule has 0 bridgehead atoms. The normalized spacial score (nSPS) is 10.8. The second-order valence-corrected chi connectivity index (χ2v) is 5.78. The van der Waals surface area contributed by atoms with Gasteiger partial charge >= 0.3 is 6.09 Å². The molecule has 0 radical (unpaired) electrons. The topological polar surface area (TPSA) is 79.9 Å². The first-order valence-corrected chi connectivity index (χ1v) is 6.89. The van der Waals surface area contributed by atoms with Crippen LogP contribution in [0.15, 0.2) is 36.5 Å². The second-order valence-electron chi connectivity index (χ2n) is 5.78. The number of hydrogen-bond donors (Lipinski definition) is 1. The van der Waals surface area contributed by atoms with Crippen molar-refractivity contribution in [3.8, 4) is 11.8 Å². The molecule has 0 saturated heterocycles. The van der Waals surface area contributed by atoms with Crippen molar-refractivity contribution in [1.82, 2.24) is 15.1 Å². The maximum Gasteiger partial charge on any atom is 0.407 e. The van der Waals surface area contributed by atoms with Gasteiger partial charge in [-0.2, -0.15) is 10.4 Å². The molecule has 1 amide bonds. The van der Waals surface area contributed by atoms with Crippen molar-refractivity contribution in [2.45, 2.75) is 32.9 Å². The Bertz CT molecular complexity index is 690. The molecule has 0 fully saturated rings. The fourth-order valence-electron chi connectivity index (χ4n) is 1.78. The minimum absolute atomic E-state index is 0.371. The van der Waals surface area contributed by atoms with Gasteiger partial charge in [-0.3, -0.25) is 0 Å². The Labute approximate surface area is 129 Å². The molecule has 22 heavy (non-hydrogen) atoms. The van der Waals surface area contributed by atoms with Gasteiger partial charge in [0.15, 0.2) is 5.69 Å². The third-order valence-corrected chi connectivity index (χ3v) is 2.74. The van der Waals surface area contributed by atoms with E-state index in [-0.39, 0.29) is 0 Å². The van der Waals surface area contributed by atoms with E-state index in [1.165, 1.54) is 0 Å². The van der Waals surface area contributed by atoms with E-state index in [1.54, 1.807) is 16.9 Å². The molecule has 0 unspecified atom stereocenters. The van der Waals surface area contributed by atoms with Crippen LogP contribution in [-0.4, -0.2) is 21.5 Å². The molecule has 0 aliphatic carbocycles. The van der Waals surface area contributed by atoms with Crippen LogP contribution in [0.4, 0.5) is 4.79 Å². The summed E-state index contributed by atoms with van der Waals surface area (Å²) >= 11 is 0. The van der Waals surface area contributed by atoms with Crippen LogP contribution in [0.1, 0.15) is 32.0 Å². The zero-order chi connectivity index (χ0) is 16.2. The third kappa shape index (κ3) is 4.35. The number of benzene rings is 1. The lowest BCUT2D eigenvalue weighted by Crippen LogP contribution is -2.32. The zero-order valence-electron chi connectivity index (χ0n) is 12.8. The molecule has 0 spiro atoms. The first-order chi connectivity index (χ1) is 10.4. The SMILES string of the molecule is CC(C)(C)OC(=O)NCc1ccc(-n2ccc(C#N)n2)cc1. The molecule has 0 saturated carbocycles. The van der Waals surface area contributed by atoms with Gasteiger partial charge in [-0.1, -0.05) is 12.1 Å². The molecule has 6 heteroatoms. The first-order valence-electron chi connectivity index (χ1n) is 6.89. The Kier molecular flexibility index (Phi) is 4.47. The molecular formula is C16H18N4O2. The minimum atomic E-state index is -0.507. The number of nitriles is 1. The summed E-state index contributed by atoms with van der Waals surface area (Å²) in [6.45, 7) is 5.85. The Balaban J connectivity index is 1.95. The number of alkyl carbamates (subject to hydrolysis) is 1. The van der Waals surface area contributed by atoms with Crippen LogP contribution in [0.5, 0.6) is 0 Å². The fraction of sp³-hybridized carbons (Fsp3) is 0.312. The van der Waals surface area contributed by atoms with Gasteiger partial charge in [0.25, 0.3) is 0 Å². The predicted molar refractivity (Wildman–Crippen MR) is 81.4 cm³/mol. The molecule has 1 aromatic heterocycles. The third-order valence-electron chi connectivity index (χ3n) is 2.74. The summed E-state index contributed by atoms with van der Waals surface area (Å²) in [7, 11) is 0. The Morgan fingerprint density at radius 3 is 2.55 bits per heavy atom. The van der Waals surface area contributed by atoms with Crippen LogP contribution in [-0.2, 0) is 11.3 Å². The van der Waals surface area contributed by atoms with Crippen LogP contribution in [0.3, 0.4) is 0 Å². The fourth-order valence-corrected chi connectivity index (χ4v) is 1.78. The standard InChI is InChI=1S/C16H18N4O2/c1-16(2,3)22-15(21)18-11-12-4-6-14(7-5-12)20-9-8-13(10-17)19-20/h4-9H,11H2,1-3H3,(H,18,21). The summed E-state index contributed by atoms with van der Waals surface area (Å²) < 4.78 is 6.80. The molecular weight excluding hydrogens is 280 g/mol. The lowest BCUT2D eigenvalue weighted by Gasteiger charge is -2.19. The summed E-state index contributed by atoms with van der Waals surface area (Å²) in [5, 5.41) is 15.6. The number of carbonyl (C=O) groups excluding carboxylic acids is 1. The van der Waals surface area contributed by atoms with E-state index in [1.807, 2.05) is 51.1 Å². The maximum atomic E-state index is 11.6. The van der Waals surface area contributed by atoms with Gasteiger partial charge in [-0.15, -0.1) is 0 Å². The summed E-state index contributed by atoms with van der Waals surface area (Å²) in [4.78, 5) is 11.6. The monoisotopic (exact) mass is 298 g/mol. The molecule has 1 N–H and O–H groups in total. The summed E-state index contributed by atoms with van der Waals surface area (Å²) in [6, 6.07) is 11.2. The van der Waals surface area contributed by atoms with E-state index in [0.717, 1.165) is 11.3 Å². The van der Waals surface area contributed by atoms with E-state index in [4.69, 9.17) is 10.00 Å². The van der Waals surface area contributed by atoms with Crippen LogP contribution >= 0.6 is 0 Å². The highest BCUT2D eigenvalue weighted by Gasteiger charge is 2.15. The van der Waals surface area contributed by atoms with Crippen LogP contribution in [0.2, 0.25) is 0 Å². The van der Waals surface area contributed by atoms with Crippen LogP contribution in [0.25, 0.3) is 5.69 Å². The number of hydrogen-bond acceptors (Lipinski definition) is 4. The Morgan fingerprint density at radius 2 is 2.00 bits per heavy atom. The molecule has 0 aliphatic heterocycles. The van der Waals surface area contributed by atoms with Crippen molar-refractivity contribution in [3.05, 3.63) is 47.8 Å². The smallest absolute Gasteiger partial charge is 0.407 e. The lowest BCUT2D eigenvalue weighted by atomic mass is 10.2. The average Bonchev–Trinajstić information content (AvgIpc) is 2.93. The van der Waals surface area contributed by atoms with E-state index in [9.17, 15) is 4.79 Å². The largest absolute Gasteiger partial charge is 0.444 e. The number of nitrogens with one attached hydrogen (secondary N) is 1. The molecule has 2 rings (SSSR count). The van der Waals surface area contributed by atoms with Crippen molar-refractivity contribution < 1.29 is 9.53 Å². The van der Waals surface area contributed by atoms with E-state index >= 15 is 0 Å². The summed E-state index contributed by atoms with van der Waals surface area (Å²) in [5.41, 5.74) is 1.66. The average molecular weight is 298 g/mol. The molecule has 1 heterocycles. The van der Waals surface area contributed by atoms with Gasteiger partial charge in [-0.25, -0.2) is 9.48 Å². The van der Waals surface area contributed by atoms with Crippen molar-refractivity contribution in [2.75, 3.05) is 0 Å². The van der Waals surface area contributed by atoms with Gasteiger partial charge in [-0.05, 0) is 44.5 Å². The van der Waals surface area contributed by atoms with Crippen LogP contribution in [0, 0.1) is 11.3 Å².